The largest absolute Gasteiger partial charge is 0.396 e. The Kier molecular flexibility index (Phi) is 5.79. The van der Waals surface area contributed by atoms with Crippen molar-refractivity contribution in [2.45, 2.75) is 25.8 Å². The number of amides is 1. The van der Waals surface area contributed by atoms with Crippen LogP contribution >= 0.6 is 11.6 Å². The molecule has 0 saturated carbocycles. The first-order chi connectivity index (χ1) is 8.91. The summed E-state index contributed by atoms with van der Waals surface area (Å²) in [4.78, 5) is 12.2. The predicted octanol–water partition coefficient (Wildman–Crippen LogP) is 2.17. The fraction of sp³-hybridized carbons (Fsp3) is 0.500. The van der Waals surface area contributed by atoms with Gasteiger partial charge in [0.05, 0.1) is 12.1 Å². The number of rotatable bonds is 6. The van der Waals surface area contributed by atoms with Gasteiger partial charge in [0.1, 0.15) is 0 Å². The molecule has 0 saturated heterocycles. The van der Waals surface area contributed by atoms with E-state index < -0.39 is 5.54 Å². The highest BCUT2D eigenvalue weighted by atomic mass is 35.5. The molecule has 1 amide bonds. The zero-order valence-corrected chi connectivity index (χ0v) is 12.3. The van der Waals surface area contributed by atoms with Crippen molar-refractivity contribution >= 4 is 17.5 Å². The predicted molar refractivity (Wildman–Crippen MR) is 75.6 cm³/mol. The van der Waals surface area contributed by atoms with Crippen LogP contribution in [0.1, 0.15) is 29.3 Å². The highest BCUT2D eigenvalue weighted by molar-refractivity contribution is 6.31. The zero-order valence-electron chi connectivity index (χ0n) is 11.5. The molecule has 0 aliphatic rings. The maximum atomic E-state index is 12.2. The van der Waals surface area contributed by atoms with Crippen LogP contribution in [0.3, 0.4) is 0 Å². The molecule has 1 rings (SSSR count). The fourth-order valence-corrected chi connectivity index (χ4v) is 2.00. The van der Waals surface area contributed by atoms with Gasteiger partial charge in [0.25, 0.3) is 5.91 Å². The van der Waals surface area contributed by atoms with Gasteiger partial charge in [0.15, 0.2) is 0 Å². The molecule has 1 aromatic rings. The summed E-state index contributed by atoms with van der Waals surface area (Å²) in [6.07, 6.45) is 0.423. The van der Waals surface area contributed by atoms with E-state index in [0.717, 1.165) is 5.56 Å². The topological polar surface area (TPSA) is 58.6 Å². The van der Waals surface area contributed by atoms with Crippen molar-refractivity contribution in [3.8, 4) is 0 Å². The Morgan fingerprint density at radius 3 is 2.74 bits per heavy atom. The van der Waals surface area contributed by atoms with Crippen LogP contribution in [-0.4, -0.2) is 36.9 Å². The molecule has 106 valence electrons. The quantitative estimate of drug-likeness (QED) is 0.842. The molecule has 19 heavy (non-hydrogen) atoms. The smallest absolute Gasteiger partial charge is 0.251 e. The van der Waals surface area contributed by atoms with E-state index in [-0.39, 0.29) is 12.5 Å². The van der Waals surface area contributed by atoms with E-state index >= 15 is 0 Å². The molecule has 0 bridgehead atoms. The summed E-state index contributed by atoms with van der Waals surface area (Å²) >= 11 is 6.01. The van der Waals surface area contributed by atoms with Gasteiger partial charge in [-0.1, -0.05) is 17.7 Å². The third-order valence-corrected chi connectivity index (χ3v) is 3.38. The first kappa shape index (κ1) is 16.0. The number of aliphatic hydroxyl groups is 1. The number of halogens is 1. The Balaban J connectivity index is 2.84. The van der Waals surface area contributed by atoms with Gasteiger partial charge in [-0.05, 0) is 38.0 Å². The number of nitrogens with one attached hydrogen (secondary N) is 1. The van der Waals surface area contributed by atoms with Gasteiger partial charge >= 0.3 is 0 Å². The molecule has 1 aromatic carbocycles. The van der Waals surface area contributed by atoms with Crippen molar-refractivity contribution in [1.29, 1.82) is 0 Å². The van der Waals surface area contributed by atoms with E-state index in [9.17, 15) is 4.79 Å². The number of hydrogen-bond donors (Lipinski definition) is 2. The molecule has 0 aromatic heterocycles. The summed E-state index contributed by atoms with van der Waals surface area (Å²) in [5.74, 6) is -0.227. The van der Waals surface area contributed by atoms with E-state index in [1.165, 1.54) is 0 Å². The van der Waals surface area contributed by atoms with E-state index in [2.05, 4.69) is 5.32 Å². The molecule has 0 fully saturated rings. The lowest BCUT2D eigenvalue weighted by molar-refractivity contribution is 0.0725. The van der Waals surface area contributed by atoms with E-state index in [1.54, 1.807) is 25.3 Å². The van der Waals surface area contributed by atoms with Gasteiger partial charge in [0.2, 0.25) is 0 Å². The number of ether oxygens (including phenoxy) is 1. The second-order valence-corrected chi connectivity index (χ2v) is 5.29. The number of benzene rings is 1. The zero-order chi connectivity index (χ0) is 14.5. The number of aryl methyl sites for hydroxylation is 1. The summed E-state index contributed by atoms with van der Waals surface area (Å²) < 4.78 is 5.09. The SMILES string of the molecule is COCC(C)(CCO)NC(=O)c1ccc(C)c(Cl)c1. The minimum Gasteiger partial charge on any atom is -0.396 e. The average molecular weight is 286 g/mol. The number of hydrogen-bond acceptors (Lipinski definition) is 3. The summed E-state index contributed by atoms with van der Waals surface area (Å²) in [7, 11) is 1.56. The lowest BCUT2D eigenvalue weighted by Gasteiger charge is -2.29. The van der Waals surface area contributed by atoms with Crippen LogP contribution in [0.5, 0.6) is 0 Å². The normalized spacial score (nSPS) is 13.9. The third-order valence-electron chi connectivity index (χ3n) is 2.98. The van der Waals surface area contributed by atoms with Gasteiger partial charge in [0, 0.05) is 24.3 Å². The van der Waals surface area contributed by atoms with Gasteiger partial charge in [-0.2, -0.15) is 0 Å². The molecule has 0 spiro atoms. The average Bonchev–Trinajstić information content (AvgIpc) is 2.32. The van der Waals surface area contributed by atoms with Crippen LogP contribution in [0.15, 0.2) is 18.2 Å². The monoisotopic (exact) mass is 285 g/mol. The molecule has 0 radical (unpaired) electrons. The Morgan fingerprint density at radius 1 is 1.53 bits per heavy atom. The maximum Gasteiger partial charge on any atom is 0.251 e. The second-order valence-electron chi connectivity index (χ2n) is 4.89. The van der Waals surface area contributed by atoms with Crippen molar-refractivity contribution < 1.29 is 14.6 Å². The summed E-state index contributed by atoms with van der Waals surface area (Å²) in [5.41, 5.74) is 0.821. The first-order valence-electron chi connectivity index (χ1n) is 6.10. The number of carbonyl (C=O) groups excluding carboxylic acids is 1. The Labute approximate surface area is 118 Å². The number of methoxy groups -OCH3 is 1. The van der Waals surface area contributed by atoms with Crippen molar-refractivity contribution in [3.63, 3.8) is 0 Å². The van der Waals surface area contributed by atoms with E-state index in [1.807, 2.05) is 13.8 Å². The van der Waals surface area contributed by atoms with Crippen molar-refractivity contribution in [1.82, 2.24) is 5.32 Å². The lowest BCUT2D eigenvalue weighted by atomic mass is 9.98. The van der Waals surface area contributed by atoms with Crippen LogP contribution in [-0.2, 0) is 4.74 Å². The van der Waals surface area contributed by atoms with Gasteiger partial charge in [-0.25, -0.2) is 0 Å². The van der Waals surface area contributed by atoms with Gasteiger partial charge in [-0.15, -0.1) is 0 Å². The molecule has 5 heteroatoms. The standard InChI is InChI=1S/C14H20ClNO3/c1-10-4-5-11(8-12(10)15)13(18)16-14(2,6-7-17)9-19-3/h4-5,8,17H,6-7,9H2,1-3H3,(H,16,18). The Bertz CT molecular complexity index is 442. The molecule has 1 atom stereocenters. The first-order valence-corrected chi connectivity index (χ1v) is 6.48. The Morgan fingerprint density at radius 2 is 2.21 bits per heavy atom. The number of carbonyl (C=O) groups is 1. The van der Waals surface area contributed by atoms with E-state index in [0.29, 0.717) is 23.6 Å². The minimum atomic E-state index is -0.599. The summed E-state index contributed by atoms with van der Waals surface area (Å²) in [5, 5.41) is 12.5. The van der Waals surface area contributed by atoms with Crippen LogP contribution in [0.2, 0.25) is 5.02 Å². The van der Waals surface area contributed by atoms with Crippen molar-refractivity contribution in [2.75, 3.05) is 20.3 Å². The summed E-state index contributed by atoms with van der Waals surface area (Å²) in [6.45, 7) is 4.03. The Hall–Kier alpha value is -1.10. The van der Waals surface area contributed by atoms with Gasteiger partial charge < -0.3 is 15.2 Å². The molecule has 0 aliphatic heterocycles. The molecular weight excluding hydrogens is 266 g/mol. The van der Waals surface area contributed by atoms with Crippen LogP contribution in [0.25, 0.3) is 0 Å². The van der Waals surface area contributed by atoms with Gasteiger partial charge in [-0.3, -0.25) is 4.79 Å². The van der Waals surface area contributed by atoms with E-state index in [4.69, 9.17) is 21.4 Å². The van der Waals surface area contributed by atoms with Crippen LogP contribution < -0.4 is 5.32 Å². The fourth-order valence-electron chi connectivity index (χ4n) is 1.82. The van der Waals surface area contributed by atoms with Crippen LogP contribution in [0.4, 0.5) is 0 Å². The van der Waals surface area contributed by atoms with Crippen molar-refractivity contribution in [2.24, 2.45) is 0 Å². The highest BCUT2D eigenvalue weighted by Gasteiger charge is 2.26. The number of aliphatic hydroxyl groups excluding tert-OH is 1. The summed E-state index contributed by atoms with van der Waals surface area (Å²) in [6, 6.07) is 5.16. The van der Waals surface area contributed by atoms with Crippen molar-refractivity contribution in [3.05, 3.63) is 34.3 Å². The molecule has 4 nitrogen and oxygen atoms in total. The minimum absolute atomic E-state index is 0.0191. The third kappa shape index (κ3) is 4.49. The highest BCUT2D eigenvalue weighted by Crippen LogP contribution is 2.18. The second kappa shape index (κ2) is 6.89. The maximum absolute atomic E-state index is 12.2. The molecule has 0 heterocycles. The molecule has 2 N–H and O–H groups in total. The molecule has 0 aliphatic carbocycles. The molecular formula is C14H20ClNO3. The molecule has 1 unspecified atom stereocenters. The van der Waals surface area contributed by atoms with Crippen LogP contribution in [0, 0.1) is 6.92 Å². The lowest BCUT2D eigenvalue weighted by Crippen LogP contribution is -2.50.